The highest BCUT2D eigenvalue weighted by atomic mass is 16.5. The van der Waals surface area contributed by atoms with Gasteiger partial charge < -0.3 is 14.8 Å². The average molecular weight is 311 g/mol. The van der Waals surface area contributed by atoms with Crippen LogP contribution in [-0.2, 0) is 16.0 Å². The molecule has 1 amide bonds. The molecule has 1 unspecified atom stereocenters. The molecule has 0 aliphatic carbocycles. The first-order valence-corrected chi connectivity index (χ1v) is 7.48. The molecule has 0 bridgehead atoms. The predicted octanol–water partition coefficient (Wildman–Crippen LogP) is 1.96. The maximum absolute atomic E-state index is 12.1. The summed E-state index contributed by atoms with van der Waals surface area (Å²) in [5.74, 6) is -0.00294. The molecule has 0 saturated heterocycles. The summed E-state index contributed by atoms with van der Waals surface area (Å²) in [4.78, 5) is 24.0. The normalized spacial score (nSPS) is 16.2. The van der Waals surface area contributed by atoms with Crippen molar-refractivity contribution in [1.82, 2.24) is 5.32 Å². The van der Waals surface area contributed by atoms with Gasteiger partial charge >= 0.3 is 5.97 Å². The number of esters is 1. The molecule has 1 atom stereocenters. The lowest BCUT2D eigenvalue weighted by Crippen LogP contribution is -2.43. The molecule has 1 aliphatic rings. The molecule has 0 aromatic heterocycles. The number of hydrogen-bond acceptors (Lipinski definition) is 4. The third kappa shape index (κ3) is 3.69. The molecule has 0 fully saturated rings. The van der Waals surface area contributed by atoms with Crippen LogP contribution in [0.3, 0.4) is 0 Å². The molecule has 23 heavy (non-hydrogen) atoms. The van der Waals surface area contributed by atoms with Crippen LogP contribution in [0.25, 0.3) is 0 Å². The van der Waals surface area contributed by atoms with Crippen molar-refractivity contribution in [2.45, 2.75) is 12.5 Å². The van der Waals surface area contributed by atoms with Gasteiger partial charge in [-0.2, -0.15) is 0 Å². The maximum Gasteiger partial charge on any atom is 0.339 e. The van der Waals surface area contributed by atoms with Crippen LogP contribution < -0.4 is 10.1 Å². The average Bonchev–Trinajstić information content (AvgIpc) is 2.59. The highest BCUT2D eigenvalue weighted by molar-refractivity contribution is 5.95. The second-order valence-corrected chi connectivity index (χ2v) is 5.21. The molecule has 1 aliphatic heterocycles. The van der Waals surface area contributed by atoms with Crippen LogP contribution in [0.2, 0.25) is 0 Å². The Kier molecular flexibility index (Phi) is 4.57. The van der Waals surface area contributed by atoms with E-state index in [0.717, 1.165) is 11.3 Å². The van der Waals surface area contributed by atoms with Gasteiger partial charge in [-0.1, -0.05) is 36.4 Å². The van der Waals surface area contributed by atoms with E-state index in [0.29, 0.717) is 25.1 Å². The van der Waals surface area contributed by atoms with E-state index in [2.05, 4.69) is 5.32 Å². The Bertz CT molecular complexity index is 699. The maximum atomic E-state index is 12.1. The number of hydrogen-bond donors (Lipinski definition) is 1. The molecular formula is C18H17NO4. The molecule has 5 heteroatoms. The van der Waals surface area contributed by atoms with Crippen molar-refractivity contribution in [3.63, 3.8) is 0 Å². The number of ether oxygens (including phenoxy) is 2. The van der Waals surface area contributed by atoms with Gasteiger partial charge in [0.2, 0.25) is 0 Å². The molecule has 1 heterocycles. The quantitative estimate of drug-likeness (QED) is 0.677. The topological polar surface area (TPSA) is 64.6 Å². The minimum Gasteiger partial charge on any atom is -0.492 e. The van der Waals surface area contributed by atoms with E-state index in [-0.39, 0.29) is 5.91 Å². The third-order valence-corrected chi connectivity index (χ3v) is 3.60. The van der Waals surface area contributed by atoms with E-state index >= 15 is 0 Å². The Morgan fingerprint density at radius 3 is 2.70 bits per heavy atom. The van der Waals surface area contributed by atoms with Gasteiger partial charge in [0.15, 0.2) is 6.10 Å². The summed E-state index contributed by atoms with van der Waals surface area (Å²) in [6.07, 6.45) is -0.387. The van der Waals surface area contributed by atoms with Crippen molar-refractivity contribution in [3.05, 3.63) is 65.7 Å². The second-order valence-electron chi connectivity index (χ2n) is 5.21. The fraction of sp³-hybridized carbons (Fsp3) is 0.222. The van der Waals surface area contributed by atoms with Crippen LogP contribution in [-0.4, -0.2) is 31.1 Å². The molecule has 118 valence electrons. The van der Waals surface area contributed by atoms with Crippen molar-refractivity contribution in [2.75, 3.05) is 13.2 Å². The van der Waals surface area contributed by atoms with Crippen molar-refractivity contribution in [1.29, 1.82) is 0 Å². The third-order valence-electron chi connectivity index (χ3n) is 3.60. The molecule has 1 N–H and O–H groups in total. The highest BCUT2D eigenvalue weighted by Gasteiger charge is 2.30. The van der Waals surface area contributed by atoms with Gasteiger partial charge in [0, 0.05) is 6.42 Å². The Balaban J connectivity index is 1.49. The lowest BCUT2D eigenvalue weighted by molar-refractivity contribution is -0.130. The zero-order valence-corrected chi connectivity index (χ0v) is 12.5. The van der Waals surface area contributed by atoms with Crippen LogP contribution >= 0.6 is 0 Å². The van der Waals surface area contributed by atoms with Crippen LogP contribution in [0.15, 0.2) is 54.6 Å². The Hall–Kier alpha value is -2.82. The monoisotopic (exact) mass is 311 g/mol. The van der Waals surface area contributed by atoms with Gasteiger partial charge in [-0.25, -0.2) is 4.79 Å². The SMILES string of the molecule is O=C1OC(C(=O)NCCOc2ccccc2)Cc2ccccc21. The Morgan fingerprint density at radius 1 is 1.13 bits per heavy atom. The number of cyclic esters (lactones) is 1. The number of amides is 1. The van der Waals surface area contributed by atoms with Crippen molar-refractivity contribution in [2.24, 2.45) is 0 Å². The largest absolute Gasteiger partial charge is 0.492 e. The molecule has 0 spiro atoms. The number of rotatable bonds is 5. The number of carbonyl (C=O) groups is 2. The summed E-state index contributed by atoms with van der Waals surface area (Å²) < 4.78 is 10.7. The van der Waals surface area contributed by atoms with E-state index < -0.39 is 12.1 Å². The van der Waals surface area contributed by atoms with Crippen LogP contribution in [0.4, 0.5) is 0 Å². The Morgan fingerprint density at radius 2 is 1.87 bits per heavy atom. The van der Waals surface area contributed by atoms with Gasteiger partial charge in [0.05, 0.1) is 12.1 Å². The minimum atomic E-state index is -0.783. The molecule has 0 saturated carbocycles. The summed E-state index contributed by atoms with van der Waals surface area (Å²) >= 11 is 0. The highest BCUT2D eigenvalue weighted by Crippen LogP contribution is 2.20. The van der Waals surface area contributed by atoms with E-state index in [4.69, 9.17) is 9.47 Å². The van der Waals surface area contributed by atoms with Gasteiger partial charge in [-0.3, -0.25) is 4.79 Å². The smallest absolute Gasteiger partial charge is 0.339 e. The molecule has 2 aromatic carbocycles. The molecule has 5 nitrogen and oxygen atoms in total. The number of carbonyl (C=O) groups excluding carboxylic acids is 2. The predicted molar refractivity (Wildman–Crippen MR) is 84.3 cm³/mol. The second kappa shape index (κ2) is 6.96. The summed E-state index contributed by atoms with van der Waals surface area (Å²) in [7, 11) is 0. The summed E-state index contributed by atoms with van der Waals surface area (Å²) in [6.45, 7) is 0.705. The van der Waals surface area contributed by atoms with Crippen molar-refractivity contribution in [3.8, 4) is 5.75 Å². The van der Waals surface area contributed by atoms with Gasteiger partial charge in [-0.05, 0) is 23.8 Å². The number of nitrogens with one attached hydrogen (secondary N) is 1. The van der Waals surface area contributed by atoms with E-state index in [9.17, 15) is 9.59 Å². The first-order chi connectivity index (χ1) is 11.2. The molecule has 0 radical (unpaired) electrons. The first-order valence-electron chi connectivity index (χ1n) is 7.48. The van der Waals surface area contributed by atoms with Crippen LogP contribution in [0, 0.1) is 0 Å². The summed E-state index contributed by atoms with van der Waals surface area (Å²) in [6, 6.07) is 16.5. The zero-order valence-electron chi connectivity index (χ0n) is 12.5. The fourth-order valence-electron chi connectivity index (χ4n) is 2.45. The lowest BCUT2D eigenvalue weighted by Gasteiger charge is -2.23. The van der Waals surface area contributed by atoms with Gasteiger partial charge in [-0.15, -0.1) is 0 Å². The standard InChI is InChI=1S/C18H17NO4/c20-17(19-10-11-22-14-7-2-1-3-8-14)16-12-13-6-4-5-9-15(13)18(21)23-16/h1-9,16H,10-12H2,(H,19,20). The van der Waals surface area contributed by atoms with Crippen LogP contribution in [0.5, 0.6) is 5.75 Å². The van der Waals surface area contributed by atoms with E-state index in [1.807, 2.05) is 42.5 Å². The lowest BCUT2D eigenvalue weighted by atomic mass is 9.98. The number of para-hydroxylation sites is 1. The number of benzene rings is 2. The van der Waals surface area contributed by atoms with Gasteiger partial charge in [0.1, 0.15) is 12.4 Å². The van der Waals surface area contributed by atoms with Crippen molar-refractivity contribution < 1.29 is 19.1 Å². The zero-order chi connectivity index (χ0) is 16.1. The minimum absolute atomic E-state index is 0.301. The number of fused-ring (bicyclic) bond motifs is 1. The fourth-order valence-corrected chi connectivity index (χ4v) is 2.45. The van der Waals surface area contributed by atoms with E-state index in [1.54, 1.807) is 12.1 Å². The first kappa shape index (κ1) is 15.1. The summed E-state index contributed by atoms with van der Waals surface area (Å²) in [5.41, 5.74) is 1.37. The molecular weight excluding hydrogens is 294 g/mol. The van der Waals surface area contributed by atoms with Gasteiger partial charge in [0.25, 0.3) is 5.91 Å². The molecule has 2 aromatic rings. The van der Waals surface area contributed by atoms with Crippen LogP contribution in [0.1, 0.15) is 15.9 Å². The Labute approximate surface area is 134 Å². The summed E-state index contributed by atoms with van der Waals surface area (Å²) in [5, 5.41) is 2.73. The van der Waals surface area contributed by atoms with Crippen molar-refractivity contribution >= 4 is 11.9 Å². The van der Waals surface area contributed by atoms with E-state index in [1.165, 1.54) is 0 Å². The molecule has 3 rings (SSSR count).